The van der Waals surface area contributed by atoms with Gasteiger partial charge in [-0.1, -0.05) is 11.6 Å². The van der Waals surface area contributed by atoms with Gasteiger partial charge in [-0.25, -0.2) is 9.78 Å². The van der Waals surface area contributed by atoms with Gasteiger partial charge in [0.25, 0.3) is 0 Å². The molecule has 0 saturated carbocycles. The monoisotopic (exact) mass is 222 g/mol. The number of nitrogens with zero attached hydrogens (tertiary/aromatic N) is 2. The molecule has 0 spiro atoms. The highest BCUT2D eigenvalue weighted by Crippen LogP contribution is 2.12. The Labute approximate surface area is 90.4 Å². The van der Waals surface area contributed by atoms with Crippen molar-refractivity contribution in [3.05, 3.63) is 41.3 Å². The van der Waals surface area contributed by atoms with Gasteiger partial charge in [0.1, 0.15) is 5.65 Å². The maximum atomic E-state index is 10.3. The Balaban J connectivity index is 2.43. The van der Waals surface area contributed by atoms with Crippen LogP contribution < -0.4 is 0 Å². The zero-order valence-corrected chi connectivity index (χ0v) is 8.35. The molecule has 0 aliphatic heterocycles. The van der Waals surface area contributed by atoms with Crippen LogP contribution in [0.5, 0.6) is 0 Å². The molecule has 0 aliphatic rings. The van der Waals surface area contributed by atoms with Gasteiger partial charge in [0, 0.05) is 29.6 Å². The number of pyridine rings is 1. The zero-order chi connectivity index (χ0) is 10.8. The molecule has 0 unspecified atom stereocenters. The summed E-state index contributed by atoms with van der Waals surface area (Å²) in [5, 5.41) is 9.05. The molecule has 5 heteroatoms. The van der Waals surface area contributed by atoms with Crippen LogP contribution in [0.3, 0.4) is 0 Å². The van der Waals surface area contributed by atoms with E-state index in [0.29, 0.717) is 16.4 Å². The van der Waals surface area contributed by atoms with E-state index in [2.05, 4.69) is 4.98 Å². The fourth-order valence-corrected chi connectivity index (χ4v) is 1.37. The van der Waals surface area contributed by atoms with Crippen molar-refractivity contribution in [1.29, 1.82) is 0 Å². The molecule has 0 radical (unpaired) electrons. The Bertz CT molecular complexity index is 545. The number of halogens is 1. The molecule has 0 saturated heterocycles. The minimum Gasteiger partial charge on any atom is -0.478 e. The normalized spacial score (nSPS) is 11.3. The van der Waals surface area contributed by atoms with Crippen molar-refractivity contribution in [3.63, 3.8) is 0 Å². The molecule has 2 heterocycles. The maximum absolute atomic E-state index is 10.3. The van der Waals surface area contributed by atoms with Crippen molar-refractivity contribution in [2.75, 3.05) is 0 Å². The molecule has 2 aromatic rings. The molecule has 15 heavy (non-hydrogen) atoms. The van der Waals surface area contributed by atoms with Gasteiger partial charge in [0.15, 0.2) is 0 Å². The first-order valence-corrected chi connectivity index (χ1v) is 4.58. The average molecular weight is 223 g/mol. The first kappa shape index (κ1) is 9.73. The number of rotatable bonds is 2. The van der Waals surface area contributed by atoms with Gasteiger partial charge in [-0.3, -0.25) is 0 Å². The molecule has 4 nitrogen and oxygen atoms in total. The lowest BCUT2D eigenvalue weighted by molar-refractivity contribution is -0.131. The number of aliphatic carboxylic acids is 1. The van der Waals surface area contributed by atoms with Crippen LogP contribution in [0, 0.1) is 0 Å². The van der Waals surface area contributed by atoms with Crippen molar-refractivity contribution < 1.29 is 9.90 Å². The minimum absolute atomic E-state index is 0.583. The molecule has 76 valence electrons. The van der Waals surface area contributed by atoms with Gasteiger partial charge in [0.05, 0.1) is 5.69 Å². The van der Waals surface area contributed by atoms with Crippen LogP contribution in [0.25, 0.3) is 11.7 Å². The van der Waals surface area contributed by atoms with Crippen LogP contribution >= 0.6 is 11.6 Å². The third-order valence-electron chi connectivity index (χ3n) is 1.84. The van der Waals surface area contributed by atoms with Crippen LogP contribution in [0.1, 0.15) is 5.69 Å². The molecule has 0 aliphatic carbocycles. The van der Waals surface area contributed by atoms with E-state index in [1.807, 2.05) is 0 Å². The van der Waals surface area contributed by atoms with Crippen LogP contribution in [-0.2, 0) is 4.79 Å². The summed E-state index contributed by atoms with van der Waals surface area (Å²) in [4.78, 5) is 14.5. The fourth-order valence-electron chi connectivity index (χ4n) is 1.21. The smallest absolute Gasteiger partial charge is 0.328 e. The van der Waals surface area contributed by atoms with Gasteiger partial charge in [-0.15, -0.1) is 0 Å². The lowest BCUT2D eigenvalue weighted by atomic mass is 10.4. The number of hydrogen-bond donors (Lipinski definition) is 1. The van der Waals surface area contributed by atoms with Gasteiger partial charge >= 0.3 is 5.97 Å². The first-order valence-electron chi connectivity index (χ1n) is 4.20. The minimum atomic E-state index is -0.995. The second-order valence-corrected chi connectivity index (χ2v) is 3.38. The Morgan fingerprint density at radius 3 is 3.13 bits per heavy atom. The highest BCUT2D eigenvalue weighted by molar-refractivity contribution is 6.30. The Kier molecular flexibility index (Phi) is 2.43. The SMILES string of the molecule is O=C(O)/C=C/c1cn2ccc(Cl)cc2n1. The highest BCUT2D eigenvalue weighted by Gasteiger charge is 1.99. The number of carbonyl (C=O) groups is 1. The van der Waals surface area contributed by atoms with Crippen LogP contribution in [0.2, 0.25) is 5.02 Å². The van der Waals surface area contributed by atoms with E-state index >= 15 is 0 Å². The predicted octanol–water partition coefficient (Wildman–Crippen LogP) is 2.09. The quantitative estimate of drug-likeness (QED) is 0.792. The van der Waals surface area contributed by atoms with Crippen LogP contribution in [-0.4, -0.2) is 20.5 Å². The summed E-state index contributed by atoms with van der Waals surface area (Å²) in [6.45, 7) is 0. The number of carboxylic acid groups (broad SMARTS) is 1. The van der Waals surface area contributed by atoms with Crippen molar-refractivity contribution in [3.8, 4) is 0 Å². The van der Waals surface area contributed by atoms with E-state index in [4.69, 9.17) is 16.7 Å². The third-order valence-corrected chi connectivity index (χ3v) is 2.07. The van der Waals surface area contributed by atoms with Crippen molar-refractivity contribution in [1.82, 2.24) is 9.38 Å². The second-order valence-electron chi connectivity index (χ2n) is 2.95. The van der Waals surface area contributed by atoms with E-state index in [-0.39, 0.29) is 0 Å². The summed E-state index contributed by atoms with van der Waals surface area (Å²) in [6, 6.07) is 3.45. The summed E-state index contributed by atoms with van der Waals surface area (Å²) in [5.74, 6) is -0.995. The van der Waals surface area contributed by atoms with E-state index in [1.54, 1.807) is 28.9 Å². The molecular formula is C10H7ClN2O2. The second kappa shape index (κ2) is 3.74. The number of hydrogen-bond acceptors (Lipinski definition) is 2. The van der Waals surface area contributed by atoms with Gasteiger partial charge < -0.3 is 9.51 Å². The standard InChI is InChI=1S/C10H7ClN2O2/c11-7-3-4-13-6-8(1-2-10(14)15)12-9(13)5-7/h1-6H,(H,14,15)/b2-1+. The molecule has 0 bridgehead atoms. The first-order chi connectivity index (χ1) is 7.15. The lowest BCUT2D eigenvalue weighted by Crippen LogP contribution is -1.85. The number of imidazole rings is 1. The molecular weight excluding hydrogens is 216 g/mol. The summed E-state index contributed by atoms with van der Waals surface area (Å²) in [6.07, 6.45) is 5.97. The van der Waals surface area contributed by atoms with Gasteiger partial charge in [-0.05, 0) is 12.1 Å². The molecule has 0 atom stereocenters. The van der Waals surface area contributed by atoms with E-state index in [9.17, 15) is 4.79 Å². The Morgan fingerprint density at radius 2 is 2.40 bits per heavy atom. The Morgan fingerprint density at radius 1 is 1.60 bits per heavy atom. The zero-order valence-electron chi connectivity index (χ0n) is 7.59. The van der Waals surface area contributed by atoms with Crippen molar-refractivity contribution in [2.24, 2.45) is 0 Å². The van der Waals surface area contributed by atoms with Gasteiger partial charge in [0.2, 0.25) is 0 Å². The van der Waals surface area contributed by atoms with Crippen LogP contribution in [0.15, 0.2) is 30.6 Å². The lowest BCUT2D eigenvalue weighted by Gasteiger charge is -1.90. The van der Waals surface area contributed by atoms with E-state index < -0.39 is 5.97 Å². The van der Waals surface area contributed by atoms with Gasteiger partial charge in [-0.2, -0.15) is 0 Å². The van der Waals surface area contributed by atoms with Crippen molar-refractivity contribution >= 4 is 29.3 Å². The molecule has 0 aromatic carbocycles. The van der Waals surface area contributed by atoms with E-state index in [1.165, 1.54) is 6.08 Å². The average Bonchev–Trinajstić information content (AvgIpc) is 2.56. The molecule has 2 rings (SSSR count). The summed E-state index contributed by atoms with van der Waals surface area (Å²) in [7, 11) is 0. The molecule has 1 N–H and O–H groups in total. The van der Waals surface area contributed by atoms with E-state index in [0.717, 1.165) is 6.08 Å². The van der Waals surface area contributed by atoms with Crippen LogP contribution in [0.4, 0.5) is 0 Å². The fraction of sp³-hybridized carbons (Fsp3) is 0. The van der Waals surface area contributed by atoms with Crippen molar-refractivity contribution in [2.45, 2.75) is 0 Å². The number of fused-ring (bicyclic) bond motifs is 1. The molecule has 0 fully saturated rings. The summed E-state index contributed by atoms with van der Waals surface area (Å²) >= 11 is 5.79. The molecule has 2 aromatic heterocycles. The topological polar surface area (TPSA) is 54.6 Å². The number of aromatic nitrogens is 2. The summed E-state index contributed by atoms with van der Waals surface area (Å²) < 4.78 is 1.77. The molecule has 0 amide bonds. The number of carboxylic acids is 1. The summed E-state index contributed by atoms with van der Waals surface area (Å²) in [5.41, 5.74) is 1.27. The maximum Gasteiger partial charge on any atom is 0.328 e. The largest absolute Gasteiger partial charge is 0.478 e. The Hall–Kier alpha value is -1.81. The highest BCUT2D eigenvalue weighted by atomic mass is 35.5. The third kappa shape index (κ3) is 2.16. The predicted molar refractivity (Wildman–Crippen MR) is 56.9 cm³/mol.